The molecule has 12 heteroatoms. The van der Waals surface area contributed by atoms with E-state index >= 15 is 0 Å². The van der Waals surface area contributed by atoms with E-state index in [1.54, 1.807) is 0 Å². The molecule has 1 aliphatic rings. The normalized spacial score (nSPS) is 27.3. The van der Waals surface area contributed by atoms with E-state index in [4.69, 9.17) is 10.5 Å². The molecule has 1 aliphatic heterocycles. The molecular weight excluding hydrogens is 363 g/mol. The first-order valence-corrected chi connectivity index (χ1v) is 8.02. The summed E-state index contributed by atoms with van der Waals surface area (Å²) in [6, 6.07) is 0. The van der Waals surface area contributed by atoms with Crippen molar-refractivity contribution in [2.45, 2.75) is 43.6 Å². The number of alkyl halides is 3. The van der Waals surface area contributed by atoms with Crippen LogP contribution in [0.5, 0.6) is 0 Å². The maximum atomic E-state index is 12.4. The largest absolute Gasteiger partial charge is 0.389 e. The van der Waals surface area contributed by atoms with Crippen LogP contribution in [0.2, 0.25) is 0 Å². The van der Waals surface area contributed by atoms with Crippen molar-refractivity contribution in [3.63, 3.8) is 0 Å². The summed E-state index contributed by atoms with van der Waals surface area (Å²) in [5, 5.41) is 20.1. The molecule has 2 aromatic heterocycles. The first-order chi connectivity index (χ1) is 11.7. The minimum absolute atomic E-state index is 0.0697. The van der Waals surface area contributed by atoms with E-state index in [9.17, 15) is 23.4 Å². The van der Waals surface area contributed by atoms with E-state index in [0.717, 1.165) is 0 Å². The lowest BCUT2D eigenvalue weighted by molar-refractivity contribution is -0.134. The Balaban J connectivity index is 1.96. The Morgan fingerprint density at radius 2 is 2.00 bits per heavy atom. The number of anilines is 1. The number of ether oxygens (including phenoxy) is 1. The van der Waals surface area contributed by atoms with Gasteiger partial charge in [0.1, 0.15) is 23.5 Å². The van der Waals surface area contributed by atoms with Crippen LogP contribution in [0.3, 0.4) is 0 Å². The van der Waals surface area contributed by atoms with Crippen molar-refractivity contribution in [2.24, 2.45) is 0 Å². The van der Waals surface area contributed by atoms with Gasteiger partial charge in [0.15, 0.2) is 17.7 Å². The number of nitrogens with zero attached hydrogens (tertiary/aromatic N) is 4. The molecule has 0 aromatic carbocycles. The zero-order chi connectivity index (χ0) is 18.4. The quantitative estimate of drug-likeness (QED) is 0.570. The number of aliphatic hydroxyl groups excluding tert-OH is 2. The number of imidazole rings is 1. The number of hydrogen-bond donors (Lipinski definition) is 4. The fraction of sp³-hybridized carbons (Fsp3) is 0.615. The van der Waals surface area contributed by atoms with Crippen LogP contribution in [0.25, 0.3) is 11.2 Å². The van der Waals surface area contributed by atoms with Crippen LogP contribution in [0, 0.1) is 0 Å². The van der Waals surface area contributed by atoms with Gasteiger partial charge in [0.25, 0.3) is 0 Å². The fourth-order valence-corrected chi connectivity index (χ4v) is 2.95. The first-order valence-electron chi connectivity index (χ1n) is 7.39. The number of thiol groups is 1. The van der Waals surface area contributed by atoms with E-state index in [1.165, 1.54) is 10.9 Å². The van der Waals surface area contributed by atoms with Gasteiger partial charge in [0, 0.05) is 12.2 Å². The third kappa shape index (κ3) is 3.52. The number of aromatic nitrogens is 4. The highest BCUT2D eigenvalue weighted by molar-refractivity contribution is 7.80. The summed E-state index contributed by atoms with van der Waals surface area (Å²) >= 11 is 4.04. The summed E-state index contributed by atoms with van der Waals surface area (Å²) in [5.41, 5.74) is 6.05. The van der Waals surface area contributed by atoms with Crippen molar-refractivity contribution >= 4 is 29.6 Å². The van der Waals surface area contributed by atoms with Crippen molar-refractivity contribution in [3.05, 3.63) is 12.2 Å². The maximum Gasteiger partial charge on any atom is 0.389 e. The number of nitrogen functional groups attached to an aromatic ring is 1. The molecule has 4 atom stereocenters. The van der Waals surface area contributed by atoms with Gasteiger partial charge < -0.3 is 20.7 Å². The minimum atomic E-state index is -4.35. The number of halogens is 3. The number of aliphatic hydroxyl groups is 2. The minimum Gasteiger partial charge on any atom is -0.387 e. The summed E-state index contributed by atoms with van der Waals surface area (Å²) in [6.45, 7) is 0. The first kappa shape index (κ1) is 18.2. The molecule has 1 saturated heterocycles. The van der Waals surface area contributed by atoms with Crippen LogP contribution in [-0.4, -0.2) is 60.0 Å². The SMILES string of the molecule is Nc1nc(CCC(F)(F)F)nc2c1ncn2[C@@H]1O[C@H](CS)[C@@H](O)[C@H]1O. The van der Waals surface area contributed by atoms with Gasteiger partial charge in [0.05, 0.1) is 18.9 Å². The molecule has 3 heterocycles. The van der Waals surface area contributed by atoms with Gasteiger partial charge in [-0.3, -0.25) is 4.57 Å². The third-order valence-corrected chi connectivity index (χ3v) is 4.28. The molecule has 0 radical (unpaired) electrons. The van der Waals surface area contributed by atoms with E-state index in [2.05, 4.69) is 27.6 Å². The summed E-state index contributed by atoms with van der Waals surface area (Å²) < 4.78 is 44.1. The molecular formula is C13H16F3N5O3S. The van der Waals surface area contributed by atoms with Gasteiger partial charge in [0.2, 0.25) is 0 Å². The standard InChI is InChI=1S/C13H16F3N5O3S/c14-13(15,16)2-1-6-19-10(17)7-11(20-6)21(4-18-7)12-9(23)8(22)5(3-25)24-12/h4-5,8-9,12,22-23,25H,1-3H2,(H2,17,19,20)/t5-,8-,9-,12-/m1/s1. The van der Waals surface area contributed by atoms with Crippen molar-refractivity contribution < 1.29 is 28.1 Å². The molecule has 0 bridgehead atoms. The second-order valence-corrected chi connectivity index (χ2v) is 6.06. The molecule has 0 aliphatic carbocycles. The average molecular weight is 379 g/mol. The Bertz CT molecular complexity index is 771. The second kappa shape index (κ2) is 6.59. The van der Waals surface area contributed by atoms with E-state index in [-0.39, 0.29) is 28.6 Å². The van der Waals surface area contributed by atoms with Crippen molar-refractivity contribution in [1.82, 2.24) is 19.5 Å². The number of nitrogens with two attached hydrogens (primary N) is 1. The lowest BCUT2D eigenvalue weighted by atomic mass is 10.1. The number of fused-ring (bicyclic) bond motifs is 1. The molecule has 8 nitrogen and oxygen atoms in total. The number of rotatable bonds is 4. The average Bonchev–Trinajstić information content (AvgIpc) is 3.07. The molecule has 0 spiro atoms. The van der Waals surface area contributed by atoms with Crippen LogP contribution < -0.4 is 5.73 Å². The molecule has 0 amide bonds. The molecule has 138 valence electrons. The highest BCUT2D eigenvalue weighted by atomic mass is 32.1. The molecule has 1 fully saturated rings. The lowest BCUT2D eigenvalue weighted by Gasteiger charge is -2.16. The third-order valence-electron chi connectivity index (χ3n) is 3.92. The summed E-state index contributed by atoms with van der Waals surface area (Å²) in [7, 11) is 0. The Labute approximate surface area is 145 Å². The monoisotopic (exact) mass is 379 g/mol. The van der Waals surface area contributed by atoms with Gasteiger partial charge in [-0.2, -0.15) is 25.8 Å². The second-order valence-electron chi connectivity index (χ2n) is 5.69. The van der Waals surface area contributed by atoms with Crippen molar-refractivity contribution in [2.75, 3.05) is 11.5 Å². The summed E-state index contributed by atoms with van der Waals surface area (Å²) in [6.07, 6.45) is -8.74. The molecule has 25 heavy (non-hydrogen) atoms. The Morgan fingerprint density at radius 1 is 1.28 bits per heavy atom. The van der Waals surface area contributed by atoms with Crippen LogP contribution in [0.1, 0.15) is 18.5 Å². The van der Waals surface area contributed by atoms with Gasteiger partial charge in [-0.05, 0) is 0 Å². The molecule has 0 saturated carbocycles. The maximum absolute atomic E-state index is 12.4. The Morgan fingerprint density at radius 3 is 2.60 bits per heavy atom. The van der Waals surface area contributed by atoms with E-state index in [0.29, 0.717) is 0 Å². The van der Waals surface area contributed by atoms with Crippen LogP contribution >= 0.6 is 12.6 Å². The smallest absolute Gasteiger partial charge is 0.387 e. The van der Waals surface area contributed by atoms with E-state index in [1.807, 2.05) is 0 Å². The summed E-state index contributed by atoms with van der Waals surface area (Å²) in [5.74, 6) is 0.0116. The molecule has 0 unspecified atom stereocenters. The molecule has 2 aromatic rings. The van der Waals surface area contributed by atoms with Gasteiger partial charge in [-0.1, -0.05) is 0 Å². The zero-order valence-corrected chi connectivity index (χ0v) is 13.7. The number of aryl methyl sites for hydroxylation is 1. The van der Waals surface area contributed by atoms with Gasteiger partial charge in [-0.25, -0.2) is 15.0 Å². The van der Waals surface area contributed by atoms with Gasteiger partial charge >= 0.3 is 6.18 Å². The van der Waals surface area contributed by atoms with E-state index < -0.39 is 43.6 Å². The lowest BCUT2D eigenvalue weighted by Crippen LogP contribution is -2.32. The fourth-order valence-electron chi connectivity index (χ4n) is 2.65. The zero-order valence-electron chi connectivity index (χ0n) is 12.8. The Hall–Kier alpha value is -1.63. The number of hydrogen-bond acceptors (Lipinski definition) is 8. The predicted octanol–water partition coefficient (Wildman–Crippen LogP) is 0.452. The van der Waals surface area contributed by atoms with Crippen LogP contribution in [0.4, 0.5) is 19.0 Å². The highest BCUT2D eigenvalue weighted by Gasteiger charge is 2.43. The summed E-state index contributed by atoms with van der Waals surface area (Å²) in [4.78, 5) is 11.9. The topological polar surface area (TPSA) is 119 Å². The van der Waals surface area contributed by atoms with Crippen LogP contribution in [-0.2, 0) is 11.2 Å². The predicted molar refractivity (Wildman–Crippen MR) is 83.9 cm³/mol. The molecule has 3 rings (SSSR count). The molecule has 4 N–H and O–H groups in total. The Kier molecular flexibility index (Phi) is 4.79. The van der Waals surface area contributed by atoms with Gasteiger partial charge in [-0.15, -0.1) is 0 Å². The van der Waals surface area contributed by atoms with Crippen molar-refractivity contribution in [3.8, 4) is 0 Å². The highest BCUT2D eigenvalue weighted by Crippen LogP contribution is 2.32. The van der Waals surface area contributed by atoms with Crippen LogP contribution in [0.15, 0.2) is 6.33 Å². The van der Waals surface area contributed by atoms with Crippen molar-refractivity contribution in [1.29, 1.82) is 0 Å².